The number of hydrogen-bond acceptors (Lipinski definition) is 3. The van der Waals surface area contributed by atoms with Gasteiger partial charge in [0, 0.05) is 6.04 Å². The zero-order valence-corrected chi connectivity index (χ0v) is 13.5. The van der Waals surface area contributed by atoms with Gasteiger partial charge in [-0.15, -0.1) is 0 Å². The number of nitrogens with two attached hydrogens (primary N) is 1. The van der Waals surface area contributed by atoms with Crippen molar-refractivity contribution >= 4 is 5.91 Å². The molecule has 1 saturated carbocycles. The lowest BCUT2D eigenvalue weighted by molar-refractivity contribution is -0.122. The van der Waals surface area contributed by atoms with Crippen molar-refractivity contribution in [1.82, 2.24) is 5.32 Å². The number of hydrogen-bond donors (Lipinski definition) is 2. The zero-order chi connectivity index (χ0) is 15.8. The molecule has 2 rings (SSSR count). The molecule has 0 radical (unpaired) electrons. The minimum Gasteiger partial charge on any atom is -0.493 e. The van der Waals surface area contributed by atoms with E-state index in [0.29, 0.717) is 6.61 Å². The van der Waals surface area contributed by atoms with E-state index >= 15 is 0 Å². The van der Waals surface area contributed by atoms with Crippen LogP contribution in [0.3, 0.4) is 0 Å². The van der Waals surface area contributed by atoms with Crippen molar-refractivity contribution in [1.29, 1.82) is 0 Å². The van der Waals surface area contributed by atoms with Crippen molar-refractivity contribution in [3.8, 4) is 5.75 Å². The predicted molar refractivity (Wildman–Crippen MR) is 88.9 cm³/mol. The van der Waals surface area contributed by atoms with Crippen molar-refractivity contribution in [2.75, 3.05) is 13.2 Å². The second-order valence-corrected chi connectivity index (χ2v) is 6.18. The molecule has 1 amide bonds. The maximum absolute atomic E-state index is 11.6. The Kier molecular flexibility index (Phi) is 6.72. The molecule has 1 aliphatic rings. The minimum atomic E-state index is -0.157. The monoisotopic (exact) mass is 304 g/mol. The number of primary amides is 1. The summed E-state index contributed by atoms with van der Waals surface area (Å²) >= 11 is 0. The summed E-state index contributed by atoms with van der Waals surface area (Å²) in [5.74, 6) is 0.780. The van der Waals surface area contributed by atoms with E-state index in [1.54, 1.807) is 0 Å². The number of ether oxygens (including phenoxy) is 1. The third-order valence-corrected chi connectivity index (χ3v) is 4.46. The van der Waals surface area contributed by atoms with Crippen molar-refractivity contribution in [3.05, 3.63) is 29.8 Å². The molecule has 3 N–H and O–H groups in total. The summed E-state index contributed by atoms with van der Waals surface area (Å²) in [6, 6.07) is 8.29. The van der Waals surface area contributed by atoms with Crippen LogP contribution < -0.4 is 15.8 Å². The number of carbonyl (C=O) groups is 1. The fourth-order valence-electron chi connectivity index (χ4n) is 3.15. The van der Waals surface area contributed by atoms with Gasteiger partial charge >= 0.3 is 0 Å². The van der Waals surface area contributed by atoms with Gasteiger partial charge in [0.25, 0.3) is 0 Å². The van der Waals surface area contributed by atoms with Crippen LogP contribution in [-0.4, -0.2) is 25.1 Å². The molecule has 0 aromatic heterocycles. The number of benzene rings is 1. The van der Waals surface area contributed by atoms with Gasteiger partial charge in [-0.05, 0) is 44.4 Å². The largest absolute Gasteiger partial charge is 0.493 e. The summed E-state index contributed by atoms with van der Waals surface area (Å²) < 4.78 is 5.79. The van der Waals surface area contributed by atoms with Gasteiger partial charge in [0.1, 0.15) is 5.75 Å². The highest BCUT2D eigenvalue weighted by Crippen LogP contribution is 2.23. The van der Waals surface area contributed by atoms with Crippen LogP contribution in [0, 0.1) is 12.8 Å². The Morgan fingerprint density at radius 2 is 2.05 bits per heavy atom. The molecule has 2 atom stereocenters. The van der Waals surface area contributed by atoms with Crippen molar-refractivity contribution in [3.63, 3.8) is 0 Å². The summed E-state index contributed by atoms with van der Waals surface area (Å²) in [6.45, 7) is 3.60. The maximum Gasteiger partial charge on any atom is 0.222 e. The first-order chi connectivity index (χ1) is 10.7. The predicted octanol–water partition coefficient (Wildman–Crippen LogP) is 2.79. The van der Waals surface area contributed by atoms with Crippen molar-refractivity contribution in [2.45, 2.75) is 51.5 Å². The minimum absolute atomic E-state index is 0.0141. The lowest BCUT2D eigenvalue weighted by atomic mass is 9.94. The second kappa shape index (κ2) is 8.79. The quantitative estimate of drug-likeness (QED) is 0.601. The Morgan fingerprint density at radius 1 is 1.27 bits per heavy atom. The van der Waals surface area contributed by atoms with Crippen LogP contribution in [0.25, 0.3) is 0 Å². The van der Waals surface area contributed by atoms with E-state index in [2.05, 4.69) is 18.3 Å². The molecule has 1 fully saturated rings. The molecule has 0 saturated heterocycles. The van der Waals surface area contributed by atoms with E-state index < -0.39 is 0 Å². The topological polar surface area (TPSA) is 64.3 Å². The molecule has 1 aromatic rings. The molecular formula is C18H28N2O2. The van der Waals surface area contributed by atoms with Crippen LogP contribution in [0.2, 0.25) is 0 Å². The van der Waals surface area contributed by atoms with Crippen LogP contribution in [0.5, 0.6) is 5.75 Å². The molecule has 0 heterocycles. The van der Waals surface area contributed by atoms with Crippen LogP contribution >= 0.6 is 0 Å². The molecular weight excluding hydrogens is 276 g/mol. The van der Waals surface area contributed by atoms with Gasteiger partial charge in [0.05, 0.1) is 12.5 Å². The number of nitrogens with one attached hydrogen (secondary N) is 1. The Morgan fingerprint density at radius 3 is 2.82 bits per heavy atom. The smallest absolute Gasteiger partial charge is 0.222 e. The first-order valence-electron chi connectivity index (χ1n) is 8.39. The summed E-state index contributed by atoms with van der Waals surface area (Å²) in [6.07, 6.45) is 6.40. The molecule has 0 aliphatic heterocycles. The normalized spacial score (nSPS) is 22.0. The molecule has 0 bridgehead atoms. The zero-order valence-electron chi connectivity index (χ0n) is 13.5. The van der Waals surface area contributed by atoms with Crippen LogP contribution in [0.1, 0.15) is 44.1 Å². The fraction of sp³-hybridized carbons (Fsp3) is 0.611. The fourth-order valence-corrected chi connectivity index (χ4v) is 3.15. The molecule has 4 heteroatoms. The Hall–Kier alpha value is -1.55. The summed E-state index contributed by atoms with van der Waals surface area (Å²) in [4.78, 5) is 11.6. The highest BCUT2D eigenvalue weighted by Gasteiger charge is 2.27. The van der Waals surface area contributed by atoms with Gasteiger partial charge in [-0.2, -0.15) is 0 Å². The molecule has 22 heavy (non-hydrogen) atoms. The first-order valence-corrected chi connectivity index (χ1v) is 8.39. The molecule has 122 valence electrons. The van der Waals surface area contributed by atoms with Crippen molar-refractivity contribution in [2.24, 2.45) is 11.7 Å². The number of amides is 1. The van der Waals surface area contributed by atoms with Crippen LogP contribution in [0.4, 0.5) is 0 Å². The van der Waals surface area contributed by atoms with E-state index in [1.165, 1.54) is 12.8 Å². The van der Waals surface area contributed by atoms with Gasteiger partial charge in [0.2, 0.25) is 5.91 Å². The van der Waals surface area contributed by atoms with E-state index in [-0.39, 0.29) is 17.9 Å². The summed E-state index contributed by atoms with van der Waals surface area (Å²) in [7, 11) is 0. The maximum atomic E-state index is 11.6. The van der Waals surface area contributed by atoms with E-state index in [0.717, 1.165) is 43.5 Å². The van der Waals surface area contributed by atoms with Gasteiger partial charge in [-0.25, -0.2) is 0 Å². The van der Waals surface area contributed by atoms with Gasteiger partial charge in [-0.1, -0.05) is 37.5 Å². The SMILES string of the molecule is Cc1ccccc1OCCCN[C@H]1CCCCC[C@H]1C(N)=O. The first kappa shape index (κ1) is 16.8. The summed E-state index contributed by atoms with van der Waals surface area (Å²) in [5.41, 5.74) is 6.71. The summed E-state index contributed by atoms with van der Waals surface area (Å²) in [5, 5.41) is 3.51. The lowest BCUT2D eigenvalue weighted by Crippen LogP contribution is -2.42. The Bertz CT molecular complexity index is 476. The van der Waals surface area contributed by atoms with Gasteiger partial charge in [-0.3, -0.25) is 4.79 Å². The second-order valence-electron chi connectivity index (χ2n) is 6.18. The number of rotatable bonds is 7. The highest BCUT2D eigenvalue weighted by molar-refractivity contribution is 5.77. The molecule has 0 spiro atoms. The molecule has 0 unspecified atom stereocenters. The lowest BCUT2D eigenvalue weighted by Gasteiger charge is -2.23. The average molecular weight is 304 g/mol. The van der Waals surface area contributed by atoms with E-state index in [9.17, 15) is 4.79 Å². The third kappa shape index (κ3) is 5.02. The average Bonchev–Trinajstić information content (AvgIpc) is 2.74. The molecule has 1 aliphatic carbocycles. The number of para-hydroxylation sites is 1. The van der Waals surface area contributed by atoms with Crippen LogP contribution in [-0.2, 0) is 4.79 Å². The van der Waals surface area contributed by atoms with Gasteiger partial charge < -0.3 is 15.8 Å². The third-order valence-electron chi connectivity index (χ3n) is 4.46. The van der Waals surface area contributed by atoms with Gasteiger partial charge in [0.15, 0.2) is 0 Å². The Balaban J connectivity index is 1.70. The van der Waals surface area contributed by atoms with Crippen LogP contribution in [0.15, 0.2) is 24.3 Å². The van der Waals surface area contributed by atoms with Crippen molar-refractivity contribution < 1.29 is 9.53 Å². The Labute approximate surface area is 133 Å². The standard InChI is InChI=1S/C18H28N2O2/c1-14-8-5-6-11-17(14)22-13-7-12-20-16-10-4-2-3-9-15(16)18(19)21/h5-6,8,11,15-16,20H,2-4,7,9-10,12-13H2,1H3,(H2,19,21)/t15-,16+/m1/s1. The highest BCUT2D eigenvalue weighted by atomic mass is 16.5. The number of aryl methyl sites for hydroxylation is 1. The number of carbonyl (C=O) groups excluding carboxylic acids is 1. The van der Waals surface area contributed by atoms with E-state index in [4.69, 9.17) is 10.5 Å². The molecule has 4 nitrogen and oxygen atoms in total. The van der Waals surface area contributed by atoms with E-state index in [1.807, 2.05) is 18.2 Å². The molecule has 1 aromatic carbocycles.